The van der Waals surface area contributed by atoms with Gasteiger partial charge in [0.2, 0.25) is 0 Å². The smallest absolute Gasteiger partial charge is 0.294 e. The largest absolute Gasteiger partial charge is 0.379 e. The Labute approximate surface area is 128 Å². The monoisotopic (exact) mass is 311 g/mol. The van der Waals surface area contributed by atoms with Crippen molar-refractivity contribution in [3.8, 4) is 0 Å². The summed E-state index contributed by atoms with van der Waals surface area (Å²) in [6.45, 7) is 4.99. The number of anilines is 1. The van der Waals surface area contributed by atoms with Gasteiger partial charge < -0.3 is 10.6 Å². The molecule has 0 unspecified atom stereocenters. The Morgan fingerprint density at radius 3 is 2.67 bits per heavy atom. The van der Waals surface area contributed by atoms with Gasteiger partial charge in [-0.1, -0.05) is 18.5 Å². The van der Waals surface area contributed by atoms with Crippen molar-refractivity contribution in [1.29, 1.82) is 0 Å². The lowest BCUT2D eigenvalue weighted by molar-refractivity contribution is -0.384. The lowest BCUT2D eigenvalue weighted by Gasteiger charge is -2.12. The molecule has 0 saturated heterocycles. The molecular weight excluding hydrogens is 294 g/mol. The summed E-state index contributed by atoms with van der Waals surface area (Å²) in [7, 11) is 0. The topological polar surface area (TPSA) is 84.3 Å². The molecule has 21 heavy (non-hydrogen) atoms. The average Bonchev–Trinajstić information content (AvgIpc) is 3.16. The molecule has 7 heteroatoms. The Balaban J connectivity index is 2.23. The molecule has 0 spiro atoms. The number of nitro groups is 1. The van der Waals surface area contributed by atoms with E-state index >= 15 is 0 Å². The first-order valence-electron chi connectivity index (χ1n) is 6.86. The number of hydrogen-bond acceptors (Lipinski definition) is 4. The molecule has 1 aromatic rings. The molecule has 2 N–H and O–H groups in total. The maximum Gasteiger partial charge on any atom is 0.294 e. The third-order valence-electron chi connectivity index (χ3n) is 3.66. The fourth-order valence-corrected chi connectivity index (χ4v) is 2.29. The lowest BCUT2D eigenvalue weighted by Crippen LogP contribution is -2.29. The van der Waals surface area contributed by atoms with Gasteiger partial charge in [-0.2, -0.15) is 0 Å². The third-order valence-corrected chi connectivity index (χ3v) is 3.96. The number of carbonyl (C=O) groups is 1. The Morgan fingerprint density at radius 2 is 2.14 bits per heavy atom. The van der Waals surface area contributed by atoms with E-state index in [9.17, 15) is 14.9 Å². The van der Waals surface area contributed by atoms with Gasteiger partial charge >= 0.3 is 0 Å². The SMILES string of the molecule is CCNc1c(Cl)cc(C(=O)NCC2(C)CC2)cc1[N+](=O)[O-]. The van der Waals surface area contributed by atoms with Crippen molar-refractivity contribution >= 4 is 28.9 Å². The summed E-state index contributed by atoms with van der Waals surface area (Å²) in [5.74, 6) is -0.337. The van der Waals surface area contributed by atoms with Gasteiger partial charge in [-0.15, -0.1) is 0 Å². The van der Waals surface area contributed by atoms with Crippen LogP contribution in [-0.4, -0.2) is 23.9 Å². The van der Waals surface area contributed by atoms with E-state index in [0.717, 1.165) is 12.8 Å². The summed E-state index contributed by atoms with van der Waals surface area (Å²) in [4.78, 5) is 22.7. The van der Waals surface area contributed by atoms with Crippen LogP contribution in [0, 0.1) is 15.5 Å². The predicted octanol–water partition coefficient (Wildman–Crippen LogP) is 3.21. The van der Waals surface area contributed by atoms with Crippen molar-refractivity contribution < 1.29 is 9.72 Å². The molecule has 1 fully saturated rings. The number of nitrogens with one attached hydrogen (secondary N) is 2. The van der Waals surface area contributed by atoms with E-state index in [4.69, 9.17) is 11.6 Å². The van der Waals surface area contributed by atoms with E-state index in [1.165, 1.54) is 12.1 Å². The Kier molecular flexibility index (Phi) is 4.37. The van der Waals surface area contributed by atoms with E-state index in [0.29, 0.717) is 13.1 Å². The molecule has 0 heterocycles. The zero-order valence-corrected chi connectivity index (χ0v) is 12.8. The summed E-state index contributed by atoms with van der Waals surface area (Å²) in [5, 5.41) is 17.0. The molecule has 114 valence electrons. The molecule has 0 aliphatic heterocycles. The second-order valence-electron chi connectivity index (χ2n) is 5.63. The quantitative estimate of drug-likeness (QED) is 0.624. The standard InChI is InChI=1S/C14H18ClN3O3/c1-3-16-12-10(15)6-9(7-11(12)18(20)21)13(19)17-8-14(2)4-5-14/h6-7,16H,3-5,8H2,1-2H3,(H,17,19). The first kappa shape index (κ1) is 15.6. The van der Waals surface area contributed by atoms with Crippen molar-refractivity contribution in [2.24, 2.45) is 5.41 Å². The van der Waals surface area contributed by atoms with Crippen molar-refractivity contribution in [3.63, 3.8) is 0 Å². The van der Waals surface area contributed by atoms with Crippen LogP contribution in [0.25, 0.3) is 0 Å². The molecule has 0 radical (unpaired) electrons. The molecule has 0 bridgehead atoms. The van der Waals surface area contributed by atoms with Gasteiger partial charge in [-0.3, -0.25) is 14.9 Å². The fraction of sp³-hybridized carbons (Fsp3) is 0.500. The molecule has 1 aromatic carbocycles. The van der Waals surface area contributed by atoms with Gasteiger partial charge in [0, 0.05) is 24.7 Å². The Bertz CT molecular complexity index is 585. The van der Waals surface area contributed by atoms with Crippen LogP contribution in [-0.2, 0) is 0 Å². The van der Waals surface area contributed by atoms with Crippen LogP contribution < -0.4 is 10.6 Å². The molecule has 1 aliphatic rings. The van der Waals surface area contributed by atoms with Gasteiger partial charge in [-0.25, -0.2) is 0 Å². The summed E-state index contributed by atoms with van der Waals surface area (Å²) in [5.41, 5.74) is 0.439. The highest BCUT2D eigenvalue weighted by Gasteiger charge is 2.37. The molecule has 6 nitrogen and oxygen atoms in total. The van der Waals surface area contributed by atoms with E-state index in [-0.39, 0.29) is 33.3 Å². The van der Waals surface area contributed by atoms with Crippen LogP contribution in [0.3, 0.4) is 0 Å². The second kappa shape index (κ2) is 5.89. The van der Waals surface area contributed by atoms with E-state index < -0.39 is 4.92 Å². The second-order valence-corrected chi connectivity index (χ2v) is 6.04. The number of benzene rings is 1. The summed E-state index contributed by atoms with van der Waals surface area (Å²) >= 11 is 6.06. The number of carbonyl (C=O) groups excluding carboxylic acids is 1. The third kappa shape index (κ3) is 3.64. The van der Waals surface area contributed by atoms with E-state index in [2.05, 4.69) is 17.6 Å². The predicted molar refractivity (Wildman–Crippen MR) is 81.9 cm³/mol. The molecular formula is C14H18ClN3O3. The van der Waals surface area contributed by atoms with Crippen molar-refractivity contribution in [3.05, 3.63) is 32.8 Å². The van der Waals surface area contributed by atoms with Gasteiger partial charge in [0.1, 0.15) is 5.69 Å². The number of hydrogen-bond donors (Lipinski definition) is 2. The molecule has 1 aliphatic carbocycles. The fourth-order valence-electron chi connectivity index (χ4n) is 2.00. The molecule has 0 aromatic heterocycles. The number of nitro benzene ring substituents is 1. The number of amides is 1. The van der Waals surface area contributed by atoms with E-state index in [1.54, 1.807) is 0 Å². The highest BCUT2D eigenvalue weighted by Crippen LogP contribution is 2.44. The van der Waals surface area contributed by atoms with E-state index in [1.807, 2.05) is 6.92 Å². The number of rotatable bonds is 6. The van der Waals surface area contributed by atoms with Gasteiger partial charge in [0.25, 0.3) is 11.6 Å². The normalized spacial score (nSPS) is 15.4. The Morgan fingerprint density at radius 1 is 1.48 bits per heavy atom. The molecule has 1 saturated carbocycles. The van der Waals surface area contributed by atoms with Crippen LogP contribution in [0.5, 0.6) is 0 Å². The minimum absolute atomic E-state index is 0.175. The highest BCUT2D eigenvalue weighted by atomic mass is 35.5. The van der Waals surface area contributed by atoms with Crippen molar-refractivity contribution in [2.75, 3.05) is 18.4 Å². The Hall–Kier alpha value is -1.82. The van der Waals surface area contributed by atoms with Gasteiger partial charge in [-0.05, 0) is 31.2 Å². The number of nitrogens with zero attached hydrogens (tertiary/aromatic N) is 1. The average molecular weight is 312 g/mol. The zero-order valence-electron chi connectivity index (χ0n) is 12.0. The maximum absolute atomic E-state index is 12.1. The maximum atomic E-state index is 12.1. The van der Waals surface area contributed by atoms with Crippen molar-refractivity contribution in [2.45, 2.75) is 26.7 Å². The van der Waals surface area contributed by atoms with Gasteiger partial charge in [0.05, 0.1) is 9.95 Å². The van der Waals surface area contributed by atoms with Crippen LogP contribution >= 0.6 is 11.6 Å². The first-order chi connectivity index (χ1) is 9.86. The van der Waals surface area contributed by atoms with Crippen LogP contribution in [0.2, 0.25) is 5.02 Å². The minimum atomic E-state index is -0.539. The lowest BCUT2D eigenvalue weighted by atomic mass is 10.1. The summed E-state index contributed by atoms with van der Waals surface area (Å²) < 4.78 is 0. The molecule has 1 amide bonds. The minimum Gasteiger partial charge on any atom is -0.379 e. The molecule has 0 atom stereocenters. The number of halogens is 1. The van der Waals surface area contributed by atoms with Crippen LogP contribution in [0.1, 0.15) is 37.0 Å². The highest BCUT2D eigenvalue weighted by molar-refractivity contribution is 6.34. The van der Waals surface area contributed by atoms with Crippen molar-refractivity contribution in [1.82, 2.24) is 5.32 Å². The summed E-state index contributed by atoms with van der Waals surface area (Å²) in [6.07, 6.45) is 2.18. The van der Waals surface area contributed by atoms with Gasteiger partial charge in [0.15, 0.2) is 0 Å². The van der Waals surface area contributed by atoms with Crippen LogP contribution in [0.15, 0.2) is 12.1 Å². The zero-order chi connectivity index (χ0) is 15.6. The first-order valence-corrected chi connectivity index (χ1v) is 7.24. The summed E-state index contributed by atoms with van der Waals surface area (Å²) in [6, 6.07) is 2.71. The van der Waals surface area contributed by atoms with Crippen LogP contribution in [0.4, 0.5) is 11.4 Å². The molecule has 2 rings (SSSR count).